The van der Waals surface area contributed by atoms with E-state index in [1.807, 2.05) is 9.97 Å². The normalized spacial score (nSPS) is 10.5. The average molecular weight is 274 g/mol. The van der Waals surface area contributed by atoms with Gasteiger partial charge in [-0.1, -0.05) is 23.2 Å². The van der Waals surface area contributed by atoms with Gasteiger partial charge >= 0.3 is 17.1 Å². The Kier molecular flexibility index (Phi) is 2.91. The molecule has 6 nitrogen and oxygen atoms in total. The molecule has 88 valence electrons. The van der Waals surface area contributed by atoms with Crippen molar-refractivity contribution in [3.63, 3.8) is 0 Å². The van der Waals surface area contributed by atoms with E-state index in [1.54, 1.807) is 0 Å². The number of hydrogen-bond donors (Lipinski definition) is 2. The van der Waals surface area contributed by atoms with Crippen LogP contribution in [-0.2, 0) is 0 Å². The number of H-pyrrole nitrogens is 2. The van der Waals surface area contributed by atoms with Gasteiger partial charge in [0.15, 0.2) is 0 Å². The molecule has 1 heterocycles. The van der Waals surface area contributed by atoms with E-state index in [0.29, 0.717) is 5.02 Å². The molecule has 0 radical (unpaired) electrons. The molecule has 0 spiro atoms. The molecule has 0 amide bonds. The molecule has 1 aromatic heterocycles. The Morgan fingerprint density at radius 3 is 2.06 bits per heavy atom. The highest BCUT2D eigenvalue weighted by Crippen LogP contribution is 2.23. The van der Waals surface area contributed by atoms with Gasteiger partial charge in [-0.05, 0) is 18.2 Å². The average Bonchev–Trinajstić information content (AvgIpc) is 2.21. The second kappa shape index (κ2) is 4.23. The second-order valence-corrected chi connectivity index (χ2v) is 3.94. The van der Waals surface area contributed by atoms with Crippen LogP contribution in [0.2, 0.25) is 10.0 Å². The molecule has 2 aromatic rings. The van der Waals surface area contributed by atoms with E-state index in [1.165, 1.54) is 18.2 Å². The molecule has 0 saturated heterocycles. The van der Waals surface area contributed by atoms with Gasteiger partial charge in [0.05, 0.1) is 15.7 Å². The maximum absolute atomic E-state index is 11.5. The lowest BCUT2D eigenvalue weighted by atomic mass is 10.3. The molecule has 2 N–H and O–H groups in total. The summed E-state index contributed by atoms with van der Waals surface area (Å²) in [6, 6.07) is 4.22. The number of benzene rings is 1. The van der Waals surface area contributed by atoms with Crippen molar-refractivity contribution in [1.29, 1.82) is 0 Å². The van der Waals surface area contributed by atoms with Gasteiger partial charge in [-0.15, -0.1) is 0 Å². The highest BCUT2D eigenvalue weighted by Gasteiger charge is 2.07. The number of nitrogens with zero attached hydrogens (tertiary/aromatic N) is 1. The fraction of sp³-hybridized carbons (Fsp3) is 0. The third-order valence-corrected chi connectivity index (χ3v) is 2.75. The highest BCUT2D eigenvalue weighted by atomic mass is 35.5. The molecule has 0 aliphatic carbocycles. The molecule has 0 atom stereocenters. The van der Waals surface area contributed by atoms with Crippen LogP contribution >= 0.6 is 23.2 Å². The Bertz CT molecular complexity index is 710. The first-order valence-electron chi connectivity index (χ1n) is 4.40. The van der Waals surface area contributed by atoms with E-state index in [9.17, 15) is 14.4 Å². The molecule has 8 heteroatoms. The van der Waals surface area contributed by atoms with Crippen LogP contribution in [0.4, 0.5) is 0 Å². The molecule has 0 aliphatic rings. The van der Waals surface area contributed by atoms with Crippen molar-refractivity contribution >= 4 is 23.2 Å². The van der Waals surface area contributed by atoms with Crippen molar-refractivity contribution in [2.75, 3.05) is 0 Å². The topological polar surface area (TPSA) is 87.7 Å². The first kappa shape index (κ1) is 11.7. The predicted octanol–water partition coefficient (Wildman–Crippen LogP) is 0.521. The summed E-state index contributed by atoms with van der Waals surface area (Å²) in [7, 11) is 0. The molecule has 0 fully saturated rings. The van der Waals surface area contributed by atoms with Crippen molar-refractivity contribution in [1.82, 2.24) is 14.5 Å². The van der Waals surface area contributed by atoms with Gasteiger partial charge in [0, 0.05) is 0 Å². The van der Waals surface area contributed by atoms with Gasteiger partial charge in [-0.2, -0.15) is 0 Å². The zero-order valence-electron chi connectivity index (χ0n) is 8.16. The van der Waals surface area contributed by atoms with E-state index in [2.05, 4.69) is 0 Å². The monoisotopic (exact) mass is 273 g/mol. The van der Waals surface area contributed by atoms with E-state index in [4.69, 9.17) is 23.2 Å². The molecule has 0 unspecified atom stereocenters. The lowest BCUT2D eigenvalue weighted by molar-refractivity contribution is 0.784. The standard InChI is InChI=1S/C9H5Cl2N3O3/c10-5-2-1-4(3-6(5)11)14-8(16)12-7(15)13-9(14)17/h1-3H,(H2,12,13,15,16,17). The Hall–Kier alpha value is -1.79. The van der Waals surface area contributed by atoms with Crippen molar-refractivity contribution in [2.24, 2.45) is 0 Å². The first-order chi connectivity index (χ1) is 7.99. The summed E-state index contributed by atoms with van der Waals surface area (Å²) < 4.78 is 0.740. The number of aromatic nitrogens is 3. The summed E-state index contributed by atoms with van der Waals surface area (Å²) in [5.74, 6) is 0. The maximum Gasteiger partial charge on any atom is 0.338 e. The molecule has 1 aromatic carbocycles. The van der Waals surface area contributed by atoms with E-state index in [0.717, 1.165) is 4.57 Å². The Labute approximate surface area is 103 Å². The molecular formula is C9H5Cl2N3O3. The van der Waals surface area contributed by atoms with Crippen LogP contribution in [0.1, 0.15) is 0 Å². The molecular weight excluding hydrogens is 269 g/mol. The summed E-state index contributed by atoms with van der Waals surface area (Å²) in [6.07, 6.45) is 0. The van der Waals surface area contributed by atoms with Crippen LogP contribution < -0.4 is 17.1 Å². The van der Waals surface area contributed by atoms with Gasteiger partial charge in [-0.3, -0.25) is 9.97 Å². The van der Waals surface area contributed by atoms with Crippen LogP contribution in [0.5, 0.6) is 0 Å². The van der Waals surface area contributed by atoms with Gasteiger partial charge < -0.3 is 0 Å². The highest BCUT2D eigenvalue weighted by molar-refractivity contribution is 6.42. The molecule has 0 aliphatic heterocycles. The summed E-state index contributed by atoms with van der Waals surface area (Å²) in [5, 5.41) is 0.492. The van der Waals surface area contributed by atoms with Crippen LogP contribution in [0.15, 0.2) is 32.6 Å². The lowest BCUT2D eigenvalue weighted by Crippen LogP contribution is -2.42. The number of nitrogens with one attached hydrogen (secondary N) is 2. The summed E-state index contributed by atoms with van der Waals surface area (Å²) in [5.41, 5.74) is -2.35. The van der Waals surface area contributed by atoms with Crippen molar-refractivity contribution in [3.8, 4) is 5.69 Å². The van der Waals surface area contributed by atoms with E-state index >= 15 is 0 Å². The fourth-order valence-electron chi connectivity index (χ4n) is 1.29. The largest absolute Gasteiger partial charge is 0.338 e. The Morgan fingerprint density at radius 1 is 0.941 bits per heavy atom. The quantitative estimate of drug-likeness (QED) is 0.794. The van der Waals surface area contributed by atoms with Crippen molar-refractivity contribution in [2.45, 2.75) is 0 Å². The van der Waals surface area contributed by atoms with Gasteiger partial charge in [-0.25, -0.2) is 19.0 Å². The van der Waals surface area contributed by atoms with Crippen molar-refractivity contribution in [3.05, 3.63) is 59.7 Å². The zero-order chi connectivity index (χ0) is 12.6. The SMILES string of the molecule is O=c1[nH]c(=O)n(-c2ccc(Cl)c(Cl)c2)c(=O)[nH]1. The minimum absolute atomic E-state index is 0.196. The molecule has 0 saturated carbocycles. The second-order valence-electron chi connectivity index (χ2n) is 3.12. The third kappa shape index (κ3) is 2.17. The number of rotatable bonds is 1. The van der Waals surface area contributed by atoms with Crippen molar-refractivity contribution < 1.29 is 0 Å². The minimum atomic E-state index is -0.865. The van der Waals surface area contributed by atoms with Gasteiger partial charge in [0.2, 0.25) is 0 Å². The predicted molar refractivity (Wildman–Crippen MR) is 63.3 cm³/mol. The maximum atomic E-state index is 11.5. The lowest BCUT2D eigenvalue weighted by Gasteiger charge is -2.04. The third-order valence-electron chi connectivity index (χ3n) is 2.01. The van der Waals surface area contributed by atoms with Crippen LogP contribution in [0, 0.1) is 0 Å². The van der Waals surface area contributed by atoms with E-state index in [-0.39, 0.29) is 10.7 Å². The van der Waals surface area contributed by atoms with Crippen LogP contribution in [0.3, 0.4) is 0 Å². The summed E-state index contributed by atoms with van der Waals surface area (Å²) in [6.45, 7) is 0. The molecule has 2 rings (SSSR count). The summed E-state index contributed by atoms with van der Waals surface area (Å²) >= 11 is 11.5. The smallest absolute Gasteiger partial charge is 0.258 e. The van der Waals surface area contributed by atoms with E-state index < -0.39 is 17.1 Å². The Balaban J connectivity index is 2.78. The first-order valence-corrected chi connectivity index (χ1v) is 5.16. The minimum Gasteiger partial charge on any atom is -0.258 e. The molecule has 17 heavy (non-hydrogen) atoms. The number of hydrogen-bond acceptors (Lipinski definition) is 3. The molecule has 0 bridgehead atoms. The summed E-state index contributed by atoms with van der Waals surface area (Å²) in [4.78, 5) is 37.6. The zero-order valence-corrected chi connectivity index (χ0v) is 9.67. The van der Waals surface area contributed by atoms with Gasteiger partial charge in [0.25, 0.3) is 0 Å². The fourth-order valence-corrected chi connectivity index (χ4v) is 1.58. The van der Waals surface area contributed by atoms with Crippen LogP contribution in [-0.4, -0.2) is 14.5 Å². The Morgan fingerprint density at radius 2 is 1.53 bits per heavy atom. The number of halogens is 2. The van der Waals surface area contributed by atoms with Gasteiger partial charge in [0.1, 0.15) is 0 Å². The van der Waals surface area contributed by atoms with Crippen LogP contribution in [0.25, 0.3) is 5.69 Å². The number of aromatic amines is 2.